The third-order valence-electron chi connectivity index (χ3n) is 2.76. The standard InChI is InChI=1S/C11H17N3O3S/c1-5(2)8-9(18-14-13-8)10(15)12-7(4)6(3)11(16)17/h5-7H,1-4H3,(H,12,15)(H,16,17). The number of carboxylic acids is 1. The zero-order valence-corrected chi connectivity index (χ0v) is 11.6. The van der Waals surface area contributed by atoms with Crippen LogP contribution in [0.4, 0.5) is 0 Å². The van der Waals surface area contributed by atoms with E-state index in [4.69, 9.17) is 5.11 Å². The van der Waals surface area contributed by atoms with Crippen molar-refractivity contribution in [2.45, 2.75) is 39.7 Å². The molecule has 2 atom stereocenters. The number of aliphatic carboxylic acids is 1. The molecule has 1 amide bonds. The molecule has 0 fully saturated rings. The lowest BCUT2D eigenvalue weighted by atomic mass is 10.0. The molecule has 2 N–H and O–H groups in total. The van der Waals surface area contributed by atoms with Gasteiger partial charge in [0.25, 0.3) is 5.91 Å². The summed E-state index contributed by atoms with van der Waals surface area (Å²) >= 11 is 1.03. The Morgan fingerprint density at radius 2 is 1.89 bits per heavy atom. The molecular weight excluding hydrogens is 254 g/mol. The molecule has 7 heteroatoms. The Hall–Kier alpha value is -1.50. The van der Waals surface area contributed by atoms with Crippen LogP contribution in [-0.4, -0.2) is 32.6 Å². The number of carbonyl (C=O) groups excluding carboxylic acids is 1. The summed E-state index contributed by atoms with van der Waals surface area (Å²) in [6.45, 7) is 7.08. The molecule has 2 unspecified atom stereocenters. The van der Waals surface area contributed by atoms with Gasteiger partial charge in [-0.3, -0.25) is 9.59 Å². The van der Waals surface area contributed by atoms with Crippen LogP contribution in [0.25, 0.3) is 0 Å². The summed E-state index contributed by atoms with van der Waals surface area (Å²) in [7, 11) is 0. The van der Waals surface area contributed by atoms with E-state index < -0.39 is 17.9 Å². The maximum Gasteiger partial charge on any atom is 0.308 e. The van der Waals surface area contributed by atoms with Crippen molar-refractivity contribution in [2.75, 3.05) is 0 Å². The summed E-state index contributed by atoms with van der Waals surface area (Å²) in [5.74, 6) is -1.78. The molecule has 0 saturated heterocycles. The number of carboxylic acid groups (broad SMARTS) is 1. The third kappa shape index (κ3) is 3.25. The van der Waals surface area contributed by atoms with Gasteiger partial charge in [-0.15, -0.1) is 5.10 Å². The molecule has 18 heavy (non-hydrogen) atoms. The number of rotatable bonds is 5. The summed E-state index contributed by atoms with van der Waals surface area (Å²) in [6.07, 6.45) is 0. The van der Waals surface area contributed by atoms with E-state index in [9.17, 15) is 9.59 Å². The van der Waals surface area contributed by atoms with Gasteiger partial charge in [-0.25, -0.2) is 0 Å². The SMILES string of the molecule is CC(C)c1nnsc1C(=O)NC(C)C(C)C(=O)O. The largest absolute Gasteiger partial charge is 0.481 e. The normalized spacial score (nSPS) is 14.3. The smallest absolute Gasteiger partial charge is 0.308 e. The molecule has 0 aliphatic rings. The number of aromatic nitrogens is 2. The highest BCUT2D eigenvalue weighted by Gasteiger charge is 2.24. The van der Waals surface area contributed by atoms with Crippen molar-refractivity contribution in [2.24, 2.45) is 5.92 Å². The number of hydrogen-bond acceptors (Lipinski definition) is 5. The van der Waals surface area contributed by atoms with Crippen molar-refractivity contribution in [1.29, 1.82) is 0 Å². The minimum atomic E-state index is -0.936. The molecule has 0 spiro atoms. The van der Waals surface area contributed by atoms with Crippen LogP contribution in [-0.2, 0) is 4.79 Å². The fourth-order valence-electron chi connectivity index (χ4n) is 1.34. The van der Waals surface area contributed by atoms with E-state index in [0.717, 1.165) is 11.5 Å². The summed E-state index contributed by atoms with van der Waals surface area (Å²) in [5, 5.41) is 15.4. The Morgan fingerprint density at radius 3 is 2.39 bits per heavy atom. The Labute approximate surface area is 110 Å². The van der Waals surface area contributed by atoms with Crippen molar-refractivity contribution in [1.82, 2.24) is 14.9 Å². The molecule has 1 aromatic rings. The summed E-state index contributed by atoms with van der Waals surface area (Å²) in [4.78, 5) is 23.3. The quantitative estimate of drug-likeness (QED) is 0.846. The summed E-state index contributed by atoms with van der Waals surface area (Å²) in [6, 6.07) is -0.447. The van der Waals surface area contributed by atoms with Crippen LogP contribution >= 0.6 is 11.5 Å². The zero-order valence-electron chi connectivity index (χ0n) is 10.8. The van der Waals surface area contributed by atoms with Gasteiger partial charge in [-0.05, 0) is 31.3 Å². The molecular formula is C11H17N3O3S. The molecule has 6 nitrogen and oxygen atoms in total. The number of nitrogens with one attached hydrogen (secondary N) is 1. The van der Waals surface area contributed by atoms with E-state index in [1.807, 2.05) is 13.8 Å². The minimum absolute atomic E-state index is 0.108. The average Bonchev–Trinajstić information content (AvgIpc) is 2.76. The average molecular weight is 271 g/mol. The Bertz CT molecular complexity index is 444. The third-order valence-corrected chi connectivity index (χ3v) is 3.51. The Morgan fingerprint density at radius 1 is 1.28 bits per heavy atom. The fourth-order valence-corrected chi connectivity index (χ4v) is 2.07. The van der Waals surface area contributed by atoms with Crippen molar-refractivity contribution in [3.05, 3.63) is 10.6 Å². The lowest BCUT2D eigenvalue weighted by Crippen LogP contribution is -2.40. The summed E-state index contributed by atoms with van der Waals surface area (Å²) < 4.78 is 3.77. The number of hydrogen-bond donors (Lipinski definition) is 2. The van der Waals surface area contributed by atoms with Gasteiger partial charge in [-0.2, -0.15) is 0 Å². The van der Waals surface area contributed by atoms with Crippen LogP contribution in [0, 0.1) is 5.92 Å². The second kappa shape index (κ2) is 5.90. The maximum absolute atomic E-state index is 12.0. The zero-order chi connectivity index (χ0) is 13.9. The van der Waals surface area contributed by atoms with E-state index in [-0.39, 0.29) is 11.8 Å². The van der Waals surface area contributed by atoms with Gasteiger partial charge in [0.2, 0.25) is 0 Å². The predicted molar refractivity (Wildman–Crippen MR) is 67.7 cm³/mol. The van der Waals surface area contributed by atoms with Crippen LogP contribution < -0.4 is 5.32 Å². The first-order valence-electron chi connectivity index (χ1n) is 5.70. The van der Waals surface area contributed by atoms with Gasteiger partial charge in [0, 0.05) is 6.04 Å². The van der Waals surface area contributed by atoms with Gasteiger partial charge in [0.1, 0.15) is 4.88 Å². The van der Waals surface area contributed by atoms with Crippen LogP contribution in [0.1, 0.15) is 49.0 Å². The van der Waals surface area contributed by atoms with Gasteiger partial charge in [0.05, 0.1) is 11.6 Å². The number of carbonyl (C=O) groups is 2. The maximum atomic E-state index is 12.0. The predicted octanol–water partition coefficient (Wildman–Crippen LogP) is 1.50. The molecule has 100 valence electrons. The first-order valence-corrected chi connectivity index (χ1v) is 6.47. The second-order valence-electron chi connectivity index (χ2n) is 4.53. The van der Waals surface area contributed by atoms with Gasteiger partial charge >= 0.3 is 5.97 Å². The molecule has 1 heterocycles. The first-order chi connectivity index (χ1) is 8.34. The molecule has 0 bridgehead atoms. The van der Waals surface area contributed by atoms with Crippen molar-refractivity contribution in [3.63, 3.8) is 0 Å². The summed E-state index contributed by atoms with van der Waals surface area (Å²) in [5.41, 5.74) is 0.646. The van der Waals surface area contributed by atoms with Crippen LogP contribution in [0.3, 0.4) is 0 Å². The molecule has 0 aliphatic carbocycles. The van der Waals surface area contributed by atoms with Crippen molar-refractivity contribution < 1.29 is 14.7 Å². The van der Waals surface area contributed by atoms with Crippen molar-refractivity contribution in [3.8, 4) is 0 Å². The van der Waals surface area contributed by atoms with Crippen LogP contribution in [0.5, 0.6) is 0 Å². The molecule has 0 aliphatic heterocycles. The van der Waals surface area contributed by atoms with Gasteiger partial charge in [-0.1, -0.05) is 18.3 Å². The van der Waals surface area contributed by atoms with E-state index >= 15 is 0 Å². The second-order valence-corrected chi connectivity index (χ2v) is 5.29. The molecule has 0 radical (unpaired) electrons. The highest BCUT2D eigenvalue weighted by Crippen LogP contribution is 2.19. The Balaban J connectivity index is 2.77. The van der Waals surface area contributed by atoms with Gasteiger partial charge < -0.3 is 10.4 Å². The highest BCUT2D eigenvalue weighted by atomic mass is 32.1. The van der Waals surface area contributed by atoms with Crippen LogP contribution in [0.15, 0.2) is 0 Å². The van der Waals surface area contributed by atoms with E-state index in [1.165, 1.54) is 0 Å². The lowest BCUT2D eigenvalue weighted by Gasteiger charge is -2.17. The van der Waals surface area contributed by atoms with E-state index in [1.54, 1.807) is 13.8 Å². The van der Waals surface area contributed by atoms with Crippen LogP contribution in [0.2, 0.25) is 0 Å². The first kappa shape index (κ1) is 14.6. The van der Waals surface area contributed by atoms with E-state index in [2.05, 4.69) is 14.9 Å². The molecule has 1 aromatic heterocycles. The number of nitrogens with zero attached hydrogens (tertiary/aromatic N) is 2. The fraction of sp³-hybridized carbons (Fsp3) is 0.636. The van der Waals surface area contributed by atoms with Gasteiger partial charge in [0.15, 0.2) is 0 Å². The highest BCUT2D eigenvalue weighted by molar-refractivity contribution is 7.08. The molecule has 0 aromatic carbocycles. The monoisotopic (exact) mass is 271 g/mol. The molecule has 1 rings (SSSR count). The molecule has 0 saturated carbocycles. The number of amides is 1. The topological polar surface area (TPSA) is 92.2 Å². The van der Waals surface area contributed by atoms with E-state index in [0.29, 0.717) is 10.6 Å². The minimum Gasteiger partial charge on any atom is -0.481 e. The Kier molecular flexibility index (Phi) is 4.77. The lowest BCUT2D eigenvalue weighted by molar-refractivity contribution is -0.141. The van der Waals surface area contributed by atoms with Crippen molar-refractivity contribution >= 4 is 23.4 Å².